The van der Waals surface area contributed by atoms with Gasteiger partial charge in [-0.1, -0.05) is 35.2 Å². The van der Waals surface area contributed by atoms with Gasteiger partial charge in [0.25, 0.3) is 0 Å². The Labute approximate surface area is 123 Å². The van der Waals surface area contributed by atoms with E-state index in [1.54, 1.807) is 12.1 Å². The van der Waals surface area contributed by atoms with E-state index in [-0.39, 0.29) is 23.5 Å². The lowest BCUT2D eigenvalue weighted by atomic mass is 10.1. The first-order chi connectivity index (χ1) is 9.54. The Bertz CT molecular complexity index is 587. The number of carbonyl (C=O) groups is 1. The molecule has 0 saturated heterocycles. The highest BCUT2D eigenvalue weighted by Gasteiger charge is 2.11. The number of anilines is 1. The fourth-order valence-electron chi connectivity index (χ4n) is 1.52. The maximum absolute atomic E-state index is 12.8. The summed E-state index contributed by atoms with van der Waals surface area (Å²) in [6, 6.07) is 5.87. The van der Waals surface area contributed by atoms with Gasteiger partial charge in [-0.2, -0.15) is 0 Å². The minimum atomic E-state index is -0.295. The van der Waals surface area contributed by atoms with Gasteiger partial charge in [0.05, 0.1) is 11.8 Å². The van der Waals surface area contributed by atoms with Crippen molar-refractivity contribution < 1.29 is 9.18 Å². The monoisotopic (exact) mass is 312 g/mol. The largest absolute Gasteiger partial charge is 0.374 e. The van der Waals surface area contributed by atoms with Gasteiger partial charge >= 0.3 is 0 Å². The first-order valence-electron chi connectivity index (χ1n) is 5.81. The molecule has 0 aliphatic carbocycles. The quantitative estimate of drug-likeness (QED) is 0.828. The molecular weight excluding hydrogens is 299 g/mol. The SMILES string of the molecule is C[C@@H](NC(=O)CSc1nnc(N)s1)c1ccc(F)cc1. The Morgan fingerprint density at radius 1 is 1.45 bits per heavy atom. The average molecular weight is 312 g/mol. The molecule has 0 radical (unpaired) electrons. The minimum Gasteiger partial charge on any atom is -0.374 e. The highest BCUT2D eigenvalue weighted by atomic mass is 32.2. The van der Waals surface area contributed by atoms with Crippen LogP contribution in [0.2, 0.25) is 0 Å². The van der Waals surface area contributed by atoms with Crippen molar-refractivity contribution in [1.29, 1.82) is 0 Å². The van der Waals surface area contributed by atoms with Crippen molar-refractivity contribution in [2.45, 2.75) is 17.3 Å². The van der Waals surface area contributed by atoms with Gasteiger partial charge in [0, 0.05) is 0 Å². The van der Waals surface area contributed by atoms with Crippen LogP contribution in [0.1, 0.15) is 18.5 Å². The van der Waals surface area contributed by atoms with Crippen LogP contribution in [0.25, 0.3) is 0 Å². The number of nitrogen functional groups attached to an aromatic ring is 1. The summed E-state index contributed by atoms with van der Waals surface area (Å²) >= 11 is 2.53. The molecule has 0 aliphatic rings. The van der Waals surface area contributed by atoms with Gasteiger partial charge in [0.1, 0.15) is 5.82 Å². The number of nitrogens with one attached hydrogen (secondary N) is 1. The van der Waals surface area contributed by atoms with Crippen molar-refractivity contribution >= 4 is 34.1 Å². The first kappa shape index (κ1) is 14.7. The molecule has 1 heterocycles. The van der Waals surface area contributed by atoms with Gasteiger partial charge in [-0.3, -0.25) is 4.79 Å². The number of aromatic nitrogens is 2. The van der Waals surface area contributed by atoms with E-state index in [9.17, 15) is 9.18 Å². The van der Waals surface area contributed by atoms with Gasteiger partial charge < -0.3 is 11.1 Å². The lowest BCUT2D eigenvalue weighted by molar-refractivity contribution is -0.119. The molecule has 2 rings (SSSR count). The third-order valence-electron chi connectivity index (χ3n) is 2.50. The number of benzene rings is 1. The summed E-state index contributed by atoms with van der Waals surface area (Å²) in [4.78, 5) is 11.8. The normalized spacial score (nSPS) is 12.1. The van der Waals surface area contributed by atoms with Crippen molar-refractivity contribution in [2.24, 2.45) is 0 Å². The Kier molecular flexibility index (Phi) is 4.91. The molecule has 1 atom stereocenters. The van der Waals surface area contributed by atoms with Gasteiger partial charge in [-0.15, -0.1) is 10.2 Å². The second kappa shape index (κ2) is 6.67. The third-order valence-corrected chi connectivity index (χ3v) is 4.38. The van der Waals surface area contributed by atoms with E-state index < -0.39 is 0 Å². The molecule has 0 saturated carbocycles. The number of hydrogen-bond donors (Lipinski definition) is 2. The smallest absolute Gasteiger partial charge is 0.230 e. The molecule has 20 heavy (non-hydrogen) atoms. The van der Waals surface area contributed by atoms with Gasteiger partial charge in [0.2, 0.25) is 11.0 Å². The maximum atomic E-state index is 12.8. The molecule has 1 amide bonds. The summed E-state index contributed by atoms with van der Waals surface area (Å²) in [5, 5.41) is 10.7. The lowest BCUT2D eigenvalue weighted by Crippen LogP contribution is -2.28. The average Bonchev–Trinajstić information content (AvgIpc) is 2.83. The zero-order chi connectivity index (χ0) is 14.5. The predicted molar refractivity (Wildman–Crippen MR) is 78.0 cm³/mol. The fraction of sp³-hybridized carbons (Fsp3) is 0.250. The van der Waals surface area contributed by atoms with Crippen LogP contribution in [0.5, 0.6) is 0 Å². The van der Waals surface area contributed by atoms with E-state index in [4.69, 9.17) is 5.73 Å². The van der Waals surface area contributed by atoms with Crippen molar-refractivity contribution in [3.05, 3.63) is 35.6 Å². The molecule has 0 bridgehead atoms. The van der Waals surface area contributed by atoms with E-state index in [1.165, 1.54) is 35.2 Å². The highest BCUT2D eigenvalue weighted by molar-refractivity contribution is 8.01. The van der Waals surface area contributed by atoms with E-state index in [2.05, 4.69) is 15.5 Å². The van der Waals surface area contributed by atoms with Crippen LogP contribution < -0.4 is 11.1 Å². The molecule has 1 aromatic heterocycles. The molecule has 0 unspecified atom stereocenters. The second-order valence-electron chi connectivity index (χ2n) is 4.04. The number of rotatable bonds is 5. The van der Waals surface area contributed by atoms with E-state index in [0.29, 0.717) is 9.47 Å². The molecular formula is C12H13FN4OS2. The Hall–Kier alpha value is -1.67. The van der Waals surface area contributed by atoms with Crippen molar-refractivity contribution in [3.63, 3.8) is 0 Å². The summed E-state index contributed by atoms with van der Waals surface area (Å²) < 4.78 is 13.5. The number of halogens is 1. The molecule has 0 spiro atoms. The number of amides is 1. The van der Waals surface area contributed by atoms with Crippen molar-refractivity contribution in [2.75, 3.05) is 11.5 Å². The number of nitrogens with two attached hydrogens (primary N) is 1. The standard InChI is InChI=1S/C12H13FN4OS2/c1-7(8-2-4-9(13)5-3-8)15-10(18)6-19-12-17-16-11(14)20-12/h2-5,7H,6H2,1H3,(H2,14,16)(H,15,18)/t7-/m1/s1. The van der Waals surface area contributed by atoms with Crippen LogP contribution >= 0.6 is 23.1 Å². The molecule has 0 fully saturated rings. The third kappa shape index (κ3) is 4.17. The summed E-state index contributed by atoms with van der Waals surface area (Å²) in [7, 11) is 0. The number of thioether (sulfide) groups is 1. The number of nitrogens with zero attached hydrogens (tertiary/aromatic N) is 2. The Morgan fingerprint density at radius 3 is 2.75 bits per heavy atom. The molecule has 1 aromatic carbocycles. The minimum absolute atomic E-state index is 0.124. The van der Waals surface area contributed by atoms with E-state index >= 15 is 0 Å². The molecule has 3 N–H and O–H groups in total. The van der Waals surface area contributed by atoms with Crippen LogP contribution in [0.15, 0.2) is 28.6 Å². The van der Waals surface area contributed by atoms with Gasteiger partial charge in [-0.25, -0.2) is 4.39 Å². The van der Waals surface area contributed by atoms with Gasteiger partial charge in [0.15, 0.2) is 4.34 Å². The van der Waals surface area contributed by atoms with Crippen LogP contribution in [0.4, 0.5) is 9.52 Å². The Balaban J connectivity index is 1.83. The zero-order valence-electron chi connectivity index (χ0n) is 10.7. The van der Waals surface area contributed by atoms with Crippen LogP contribution in [0, 0.1) is 5.82 Å². The highest BCUT2D eigenvalue weighted by Crippen LogP contribution is 2.23. The fourth-order valence-corrected chi connectivity index (χ4v) is 2.97. The summed E-state index contributed by atoms with van der Waals surface area (Å²) in [6.07, 6.45) is 0. The van der Waals surface area contributed by atoms with Crippen molar-refractivity contribution in [3.8, 4) is 0 Å². The molecule has 2 aromatic rings. The predicted octanol–water partition coefficient (Wildman–Crippen LogP) is 2.23. The van der Waals surface area contributed by atoms with Crippen LogP contribution in [-0.4, -0.2) is 21.9 Å². The number of carbonyl (C=O) groups excluding carboxylic acids is 1. The zero-order valence-corrected chi connectivity index (χ0v) is 12.3. The second-order valence-corrected chi connectivity index (χ2v) is 6.27. The van der Waals surface area contributed by atoms with E-state index in [0.717, 1.165) is 5.56 Å². The summed E-state index contributed by atoms with van der Waals surface area (Å²) in [5.41, 5.74) is 6.31. The van der Waals surface area contributed by atoms with Gasteiger partial charge in [-0.05, 0) is 24.6 Å². The topological polar surface area (TPSA) is 80.9 Å². The van der Waals surface area contributed by atoms with Crippen LogP contribution in [-0.2, 0) is 4.79 Å². The lowest BCUT2D eigenvalue weighted by Gasteiger charge is -2.13. The first-order valence-corrected chi connectivity index (χ1v) is 7.61. The molecule has 106 valence electrons. The summed E-state index contributed by atoms with van der Waals surface area (Å²) in [5.74, 6) is -0.183. The summed E-state index contributed by atoms with van der Waals surface area (Å²) in [6.45, 7) is 1.85. The van der Waals surface area contributed by atoms with E-state index in [1.807, 2.05) is 6.92 Å². The number of hydrogen-bond acceptors (Lipinski definition) is 6. The molecule has 0 aliphatic heterocycles. The van der Waals surface area contributed by atoms with Crippen molar-refractivity contribution in [1.82, 2.24) is 15.5 Å². The Morgan fingerprint density at radius 2 is 2.15 bits per heavy atom. The molecule has 5 nitrogen and oxygen atoms in total. The maximum Gasteiger partial charge on any atom is 0.230 e. The van der Waals surface area contributed by atoms with Crippen LogP contribution in [0.3, 0.4) is 0 Å². The molecule has 8 heteroatoms.